The van der Waals surface area contributed by atoms with Gasteiger partial charge in [0.2, 0.25) is 0 Å². The number of benzene rings is 2. The van der Waals surface area contributed by atoms with E-state index >= 15 is 0 Å². The predicted molar refractivity (Wildman–Crippen MR) is 105 cm³/mol. The highest BCUT2D eigenvalue weighted by atomic mass is 16.6. The molecule has 0 radical (unpaired) electrons. The van der Waals surface area contributed by atoms with Crippen molar-refractivity contribution in [1.29, 1.82) is 0 Å². The lowest BCUT2D eigenvalue weighted by atomic mass is 10.0. The van der Waals surface area contributed by atoms with Gasteiger partial charge in [0.05, 0.1) is 11.2 Å². The Labute approximate surface area is 153 Å². The summed E-state index contributed by atoms with van der Waals surface area (Å²) in [5.41, 5.74) is 1.44. The third-order valence-electron chi connectivity index (χ3n) is 4.47. The molecule has 2 aromatic carbocycles. The van der Waals surface area contributed by atoms with Crippen LogP contribution in [0.4, 0.5) is 4.79 Å². The third-order valence-corrected chi connectivity index (χ3v) is 4.47. The van der Waals surface area contributed by atoms with E-state index in [1.807, 2.05) is 57.2 Å². The van der Waals surface area contributed by atoms with Gasteiger partial charge >= 0.3 is 6.09 Å². The number of hydrogen-bond acceptors (Lipinski definition) is 3. The van der Waals surface area contributed by atoms with Crippen LogP contribution in [0.2, 0.25) is 0 Å². The second kappa shape index (κ2) is 6.94. The summed E-state index contributed by atoms with van der Waals surface area (Å²) < 4.78 is 7.07. The van der Waals surface area contributed by atoms with Crippen molar-refractivity contribution in [2.75, 3.05) is 0 Å². The van der Waals surface area contributed by atoms with Gasteiger partial charge in [-0.2, -0.15) is 0 Å². The fourth-order valence-electron chi connectivity index (χ4n) is 3.37. The van der Waals surface area contributed by atoms with E-state index in [0.717, 1.165) is 52.8 Å². The average Bonchev–Trinajstić information content (AvgIpc) is 2.92. The highest BCUT2D eigenvalue weighted by molar-refractivity contribution is 6.12. The van der Waals surface area contributed by atoms with Crippen LogP contribution in [0, 0.1) is 0 Å². The normalized spacial score (nSPS) is 11.8. The maximum atomic E-state index is 13.0. The first-order valence-corrected chi connectivity index (χ1v) is 9.11. The Morgan fingerprint density at radius 3 is 2.50 bits per heavy atom. The molecule has 0 aliphatic heterocycles. The number of aryl methyl sites for hydroxylation is 1. The molecular weight excluding hydrogens is 326 g/mol. The third kappa shape index (κ3) is 3.24. The SMILES string of the molecule is CCCCc1c(C=O)n(C(=O)OC(C)(C)C)c2c1ccc1ccccc12. The first-order valence-electron chi connectivity index (χ1n) is 9.11. The van der Waals surface area contributed by atoms with Gasteiger partial charge in [0.15, 0.2) is 6.29 Å². The molecule has 0 amide bonds. The van der Waals surface area contributed by atoms with Gasteiger partial charge in [0.25, 0.3) is 0 Å². The molecule has 4 nitrogen and oxygen atoms in total. The molecule has 0 fully saturated rings. The van der Waals surface area contributed by atoms with Crippen LogP contribution < -0.4 is 0 Å². The molecule has 4 heteroatoms. The van der Waals surface area contributed by atoms with Crippen LogP contribution in [0.15, 0.2) is 36.4 Å². The molecule has 0 unspecified atom stereocenters. The number of fused-ring (bicyclic) bond motifs is 3. The molecule has 0 bridgehead atoms. The number of hydrogen-bond donors (Lipinski definition) is 0. The summed E-state index contributed by atoms with van der Waals surface area (Å²) in [7, 11) is 0. The molecule has 0 aliphatic rings. The van der Waals surface area contributed by atoms with E-state index in [1.165, 1.54) is 4.57 Å². The molecule has 3 aromatic rings. The zero-order chi connectivity index (χ0) is 18.9. The van der Waals surface area contributed by atoms with E-state index in [9.17, 15) is 9.59 Å². The maximum absolute atomic E-state index is 13.0. The first-order chi connectivity index (χ1) is 12.4. The molecule has 136 valence electrons. The average molecular weight is 351 g/mol. The molecule has 1 heterocycles. The number of unbranched alkanes of at least 4 members (excludes halogenated alkanes) is 1. The Morgan fingerprint density at radius 1 is 1.12 bits per heavy atom. The van der Waals surface area contributed by atoms with Gasteiger partial charge in [-0.25, -0.2) is 9.36 Å². The van der Waals surface area contributed by atoms with E-state index < -0.39 is 11.7 Å². The summed E-state index contributed by atoms with van der Waals surface area (Å²) in [4.78, 5) is 24.9. The summed E-state index contributed by atoms with van der Waals surface area (Å²) in [5, 5.41) is 2.92. The number of carbonyl (C=O) groups excluding carboxylic acids is 2. The molecule has 3 rings (SSSR count). The lowest BCUT2D eigenvalue weighted by Gasteiger charge is -2.20. The van der Waals surface area contributed by atoms with Crippen LogP contribution >= 0.6 is 0 Å². The summed E-state index contributed by atoms with van der Waals surface area (Å²) >= 11 is 0. The molecule has 0 aliphatic carbocycles. The Kier molecular flexibility index (Phi) is 4.86. The van der Waals surface area contributed by atoms with E-state index in [1.54, 1.807) is 0 Å². The van der Waals surface area contributed by atoms with Gasteiger partial charge in [-0.1, -0.05) is 49.7 Å². The fraction of sp³-hybridized carbons (Fsp3) is 0.364. The zero-order valence-corrected chi connectivity index (χ0v) is 15.8. The Hall–Kier alpha value is -2.62. The zero-order valence-electron chi connectivity index (χ0n) is 15.8. The second-order valence-electron chi connectivity index (χ2n) is 7.58. The number of carbonyl (C=O) groups is 2. The smallest absolute Gasteiger partial charge is 0.419 e. The predicted octanol–water partition coefficient (Wildman–Crippen LogP) is 5.73. The van der Waals surface area contributed by atoms with Crippen molar-refractivity contribution < 1.29 is 14.3 Å². The number of aromatic nitrogens is 1. The van der Waals surface area contributed by atoms with Crippen molar-refractivity contribution in [3.63, 3.8) is 0 Å². The van der Waals surface area contributed by atoms with E-state index in [-0.39, 0.29) is 0 Å². The number of ether oxygens (including phenoxy) is 1. The summed E-state index contributed by atoms with van der Waals surface area (Å²) in [6.07, 6.45) is 3.01. The largest absolute Gasteiger partial charge is 0.443 e. The van der Waals surface area contributed by atoms with Gasteiger partial charge in [-0.15, -0.1) is 0 Å². The van der Waals surface area contributed by atoms with Crippen molar-refractivity contribution in [1.82, 2.24) is 4.57 Å². The van der Waals surface area contributed by atoms with Crippen LogP contribution in [-0.4, -0.2) is 22.5 Å². The van der Waals surface area contributed by atoms with Crippen molar-refractivity contribution in [3.05, 3.63) is 47.7 Å². The van der Waals surface area contributed by atoms with Crippen molar-refractivity contribution >= 4 is 34.1 Å². The number of aldehydes is 1. The molecular formula is C22H25NO3. The van der Waals surface area contributed by atoms with Crippen LogP contribution in [-0.2, 0) is 11.2 Å². The maximum Gasteiger partial charge on any atom is 0.419 e. The van der Waals surface area contributed by atoms with E-state index in [4.69, 9.17) is 4.74 Å². The first kappa shape index (κ1) is 18.2. The van der Waals surface area contributed by atoms with Gasteiger partial charge in [0.1, 0.15) is 5.60 Å². The van der Waals surface area contributed by atoms with Crippen molar-refractivity contribution in [3.8, 4) is 0 Å². The topological polar surface area (TPSA) is 48.3 Å². The summed E-state index contributed by atoms with van der Waals surface area (Å²) in [6, 6.07) is 12.0. The number of nitrogens with zero attached hydrogens (tertiary/aromatic N) is 1. The van der Waals surface area contributed by atoms with Crippen molar-refractivity contribution in [2.24, 2.45) is 0 Å². The van der Waals surface area contributed by atoms with Gasteiger partial charge in [-0.05, 0) is 44.6 Å². The minimum Gasteiger partial charge on any atom is -0.443 e. The van der Waals surface area contributed by atoms with Crippen LogP contribution in [0.3, 0.4) is 0 Å². The second-order valence-corrected chi connectivity index (χ2v) is 7.58. The van der Waals surface area contributed by atoms with Gasteiger partial charge in [0, 0.05) is 10.8 Å². The number of rotatable bonds is 4. The molecule has 0 N–H and O–H groups in total. The summed E-state index contributed by atoms with van der Waals surface area (Å²) in [5.74, 6) is 0. The standard InChI is InChI=1S/C22H25NO3/c1-5-6-10-17-18-13-12-15-9-7-8-11-16(15)20(18)23(19(17)14-24)21(25)26-22(2,3)4/h7-9,11-14H,5-6,10H2,1-4H3. The summed E-state index contributed by atoms with van der Waals surface area (Å²) in [6.45, 7) is 7.59. The Balaban J connectivity index is 2.37. The minimum absolute atomic E-state index is 0.402. The molecule has 0 saturated heterocycles. The fourth-order valence-corrected chi connectivity index (χ4v) is 3.37. The van der Waals surface area contributed by atoms with E-state index in [2.05, 4.69) is 6.92 Å². The quantitative estimate of drug-likeness (QED) is 0.564. The Morgan fingerprint density at radius 2 is 1.85 bits per heavy atom. The monoisotopic (exact) mass is 351 g/mol. The van der Waals surface area contributed by atoms with Gasteiger partial charge in [-0.3, -0.25) is 4.79 Å². The molecule has 0 spiro atoms. The van der Waals surface area contributed by atoms with Crippen LogP contribution in [0.5, 0.6) is 0 Å². The highest BCUT2D eigenvalue weighted by Gasteiger charge is 2.26. The Bertz CT molecular complexity index is 976. The minimum atomic E-state index is -0.637. The van der Waals surface area contributed by atoms with Crippen LogP contribution in [0.1, 0.15) is 56.6 Å². The molecule has 26 heavy (non-hydrogen) atoms. The highest BCUT2D eigenvalue weighted by Crippen LogP contribution is 2.33. The molecule has 1 aromatic heterocycles. The lowest BCUT2D eigenvalue weighted by Crippen LogP contribution is -2.28. The lowest BCUT2D eigenvalue weighted by molar-refractivity contribution is 0.0538. The van der Waals surface area contributed by atoms with E-state index in [0.29, 0.717) is 5.69 Å². The molecule has 0 saturated carbocycles. The van der Waals surface area contributed by atoms with Gasteiger partial charge < -0.3 is 4.74 Å². The van der Waals surface area contributed by atoms with Crippen LogP contribution in [0.25, 0.3) is 21.7 Å². The van der Waals surface area contributed by atoms with Crippen molar-refractivity contribution in [2.45, 2.75) is 52.6 Å². The molecule has 0 atom stereocenters.